The summed E-state index contributed by atoms with van der Waals surface area (Å²) in [6.07, 6.45) is 1.73. The lowest BCUT2D eigenvalue weighted by molar-refractivity contribution is 0.208. The van der Waals surface area contributed by atoms with Gasteiger partial charge < -0.3 is 9.47 Å². The van der Waals surface area contributed by atoms with Gasteiger partial charge in [-0.15, -0.1) is 0 Å². The first-order valence-corrected chi connectivity index (χ1v) is 16.5. The van der Waals surface area contributed by atoms with Crippen LogP contribution < -0.4 is 0 Å². The molecule has 1 atom stereocenters. The Hall–Kier alpha value is -3.48. The molecule has 0 amide bonds. The van der Waals surface area contributed by atoms with Crippen molar-refractivity contribution in [3.05, 3.63) is 93.6 Å². The van der Waals surface area contributed by atoms with Crippen LogP contribution in [0.2, 0.25) is 0 Å². The van der Waals surface area contributed by atoms with Crippen molar-refractivity contribution < 1.29 is 26.3 Å². The first-order chi connectivity index (χ1) is 20.1. The van der Waals surface area contributed by atoms with Crippen LogP contribution in [0.4, 0.5) is 0 Å². The Balaban J connectivity index is 1.17. The minimum Gasteiger partial charge on any atom is -0.371 e. The zero-order valence-corrected chi connectivity index (χ0v) is 25.0. The SMILES string of the molecule is Cc1ccc(S(=O)(=O)N2CC=C(C#CC3=C(C#CC4=C(C5CO5)CN(S(=O)(=O)c5ccc(C)cc5)C4)COC3)C2)cc1. The van der Waals surface area contributed by atoms with Crippen LogP contribution in [-0.4, -0.2) is 77.5 Å². The zero-order chi connectivity index (χ0) is 29.5. The molecule has 0 saturated carbocycles. The number of hydrogen-bond donors (Lipinski definition) is 0. The van der Waals surface area contributed by atoms with Gasteiger partial charge in [0.05, 0.1) is 29.6 Å². The van der Waals surface area contributed by atoms with Crippen LogP contribution in [0.5, 0.6) is 0 Å². The lowest BCUT2D eigenvalue weighted by Gasteiger charge is -2.16. The van der Waals surface area contributed by atoms with E-state index in [1.165, 1.54) is 8.61 Å². The Labute approximate surface area is 247 Å². The van der Waals surface area contributed by atoms with E-state index in [0.717, 1.165) is 39.0 Å². The van der Waals surface area contributed by atoms with E-state index in [2.05, 4.69) is 23.7 Å². The van der Waals surface area contributed by atoms with Crippen LogP contribution in [0.1, 0.15) is 11.1 Å². The summed E-state index contributed by atoms with van der Waals surface area (Å²) in [5.74, 6) is 12.6. The minimum atomic E-state index is -3.67. The molecule has 2 aromatic carbocycles. The van der Waals surface area contributed by atoms with Gasteiger partial charge in [-0.1, -0.05) is 65.2 Å². The second-order valence-electron chi connectivity index (χ2n) is 10.7. The van der Waals surface area contributed by atoms with Crippen LogP contribution in [0.15, 0.2) is 92.3 Å². The van der Waals surface area contributed by atoms with Crippen LogP contribution >= 0.6 is 0 Å². The smallest absolute Gasteiger partial charge is 0.243 e. The van der Waals surface area contributed by atoms with E-state index in [4.69, 9.17) is 9.47 Å². The predicted molar refractivity (Wildman–Crippen MR) is 158 cm³/mol. The molecular weight excluding hydrogens is 572 g/mol. The molecule has 1 unspecified atom stereocenters. The van der Waals surface area contributed by atoms with Gasteiger partial charge in [0, 0.05) is 48.5 Å². The first kappa shape index (κ1) is 28.6. The van der Waals surface area contributed by atoms with Gasteiger partial charge in [-0.05, 0) is 43.7 Å². The fourth-order valence-corrected chi connectivity index (χ4v) is 7.68. The Bertz CT molecular complexity index is 1860. The average molecular weight is 603 g/mol. The Kier molecular flexibility index (Phi) is 7.71. The topological polar surface area (TPSA) is 96.5 Å². The largest absolute Gasteiger partial charge is 0.371 e. The van der Waals surface area contributed by atoms with Gasteiger partial charge in [0.25, 0.3) is 0 Å². The third kappa shape index (κ3) is 5.88. The summed E-state index contributed by atoms with van der Waals surface area (Å²) in [6, 6.07) is 13.7. The summed E-state index contributed by atoms with van der Waals surface area (Å²) >= 11 is 0. The number of hydrogen-bond acceptors (Lipinski definition) is 6. The second kappa shape index (κ2) is 11.3. The fourth-order valence-electron chi connectivity index (χ4n) is 4.94. The molecule has 1 fully saturated rings. The molecule has 6 rings (SSSR count). The summed E-state index contributed by atoms with van der Waals surface area (Å²) in [4.78, 5) is 0.525. The number of rotatable bonds is 5. The standard InChI is InChI=1S/C32H30N2O6S2/c1-23-3-11-29(12-4-23)41(35,36)33-16-15-25(17-33)7-8-27-20-39-21-28(27)10-9-26-18-34(19-31(26)32-22-40-32)42(37,38)30-13-5-24(2)6-14-30/h3-6,11-15,32H,16-22H2,1-2H3. The van der Waals surface area contributed by atoms with E-state index < -0.39 is 20.0 Å². The van der Waals surface area contributed by atoms with E-state index in [-0.39, 0.29) is 42.1 Å². The molecule has 0 spiro atoms. The summed E-state index contributed by atoms with van der Waals surface area (Å²) in [5.41, 5.74) is 5.85. The molecule has 4 aliphatic rings. The summed E-state index contributed by atoms with van der Waals surface area (Å²) in [7, 11) is -7.28. The third-order valence-corrected chi connectivity index (χ3v) is 11.2. The van der Waals surface area contributed by atoms with Gasteiger partial charge in [0.2, 0.25) is 20.0 Å². The maximum Gasteiger partial charge on any atom is 0.243 e. The van der Waals surface area contributed by atoms with Gasteiger partial charge in [0.15, 0.2) is 0 Å². The molecule has 4 aliphatic heterocycles. The van der Waals surface area contributed by atoms with Crippen LogP contribution in [0.3, 0.4) is 0 Å². The summed E-state index contributed by atoms with van der Waals surface area (Å²) in [5, 5.41) is 0. The number of sulfonamides is 2. The number of nitrogens with zero attached hydrogens (tertiary/aromatic N) is 2. The van der Waals surface area contributed by atoms with Crippen molar-refractivity contribution in [1.82, 2.24) is 8.61 Å². The minimum absolute atomic E-state index is 0.103. The fraction of sp³-hybridized carbons (Fsp3) is 0.312. The number of epoxide rings is 1. The molecule has 4 heterocycles. The van der Waals surface area contributed by atoms with Gasteiger partial charge in [-0.3, -0.25) is 0 Å². The Morgan fingerprint density at radius 1 is 0.690 bits per heavy atom. The van der Waals surface area contributed by atoms with Crippen LogP contribution in [0.25, 0.3) is 0 Å². The molecular formula is C32H30N2O6S2. The van der Waals surface area contributed by atoms with Crippen molar-refractivity contribution >= 4 is 20.0 Å². The van der Waals surface area contributed by atoms with Crippen molar-refractivity contribution in [3.8, 4) is 23.7 Å². The maximum atomic E-state index is 13.3. The summed E-state index contributed by atoms with van der Waals surface area (Å²) < 4.78 is 66.6. The van der Waals surface area contributed by atoms with E-state index in [1.54, 1.807) is 48.5 Å². The van der Waals surface area contributed by atoms with E-state index in [9.17, 15) is 16.8 Å². The van der Waals surface area contributed by atoms with Crippen molar-refractivity contribution in [2.24, 2.45) is 0 Å². The molecule has 8 nitrogen and oxygen atoms in total. The molecule has 216 valence electrons. The van der Waals surface area contributed by atoms with Gasteiger partial charge >= 0.3 is 0 Å². The van der Waals surface area contributed by atoms with Crippen LogP contribution in [-0.2, 0) is 29.5 Å². The highest BCUT2D eigenvalue weighted by Gasteiger charge is 2.39. The molecule has 10 heteroatoms. The number of aryl methyl sites for hydroxylation is 2. The van der Waals surface area contributed by atoms with Crippen molar-refractivity contribution in [2.45, 2.75) is 29.7 Å². The van der Waals surface area contributed by atoms with E-state index in [0.29, 0.717) is 19.8 Å². The lowest BCUT2D eigenvalue weighted by atomic mass is 10.1. The molecule has 0 radical (unpaired) electrons. The summed E-state index contributed by atoms with van der Waals surface area (Å²) in [6.45, 7) is 5.95. The Morgan fingerprint density at radius 2 is 1.21 bits per heavy atom. The third-order valence-electron chi connectivity index (χ3n) is 7.59. The van der Waals surface area contributed by atoms with Crippen LogP contribution in [0, 0.1) is 37.5 Å². The quantitative estimate of drug-likeness (QED) is 0.386. The molecule has 0 aromatic heterocycles. The molecule has 0 N–H and O–H groups in total. The normalized spacial score (nSPS) is 21.2. The van der Waals surface area contributed by atoms with E-state index in [1.807, 2.05) is 19.9 Å². The molecule has 42 heavy (non-hydrogen) atoms. The maximum absolute atomic E-state index is 13.3. The zero-order valence-electron chi connectivity index (χ0n) is 23.4. The van der Waals surface area contributed by atoms with Crippen molar-refractivity contribution in [1.29, 1.82) is 0 Å². The van der Waals surface area contributed by atoms with E-state index >= 15 is 0 Å². The highest BCUT2D eigenvalue weighted by atomic mass is 32.2. The molecule has 0 aliphatic carbocycles. The molecule has 1 saturated heterocycles. The predicted octanol–water partition coefficient (Wildman–Crippen LogP) is 2.97. The van der Waals surface area contributed by atoms with Crippen molar-refractivity contribution in [3.63, 3.8) is 0 Å². The van der Waals surface area contributed by atoms with Gasteiger partial charge in [-0.25, -0.2) is 16.8 Å². The molecule has 0 bridgehead atoms. The average Bonchev–Trinajstić information content (AvgIpc) is 3.34. The Morgan fingerprint density at radius 3 is 1.79 bits per heavy atom. The number of benzene rings is 2. The number of ether oxygens (including phenoxy) is 2. The van der Waals surface area contributed by atoms with Crippen molar-refractivity contribution in [2.75, 3.05) is 46.0 Å². The highest BCUT2D eigenvalue weighted by Crippen LogP contribution is 2.32. The van der Waals surface area contributed by atoms with Gasteiger partial charge in [-0.2, -0.15) is 8.61 Å². The molecule has 2 aromatic rings. The monoisotopic (exact) mass is 602 g/mol. The first-order valence-electron chi connectivity index (χ1n) is 13.6. The lowest BCUT2D eigenvalue weighted by Crippen LogP contribution is -2.30. The van der Waals surface area contributed by atoms with Gasteiger partial charge in [0.1, 0.15) is 6.10 Å². The second-order valence-corrected chi connectivity index (χ2v) is 14.6. The highest BCUT2D eigenvalue weighted by molar-refractivity contribution is 7.89.